The molecule has 104 valence electrons. The van der Waals surface area contributed by atoms with Crippen molar-refractivity contribution in [2.24, 2.45) is 17.8 Å². The fourth-order valence-corrected chi connectivity index (χ4v) is 4.81. The van der Waals surface area contributed by atoms with Crippen molar-refractivity contribution in [2.45, 2.75) is 76.4 Å². The first kappa shape index (κ1) is 12.9. The molecule has 18 heavy (non-hydrogen) atoms. The van der Waals surface area contributed by atoms with Crippen LogP contribution in [0.3, 0.4) is 0 Å². The molecule has 2 heteroatoms. The highest BCUT2D eigenvalue weighted by atomic mass is 16.5. The number of ether oxygens (including phenoxy) is 1. The average Bonchev–Trinajstić information content (AvgIpc) is 2.71. The van der Waals surface area contributed by atoms with Crippen LogP contribution in [-0.2, 0) is 4.74 Å². The molecule has 0 aromatic rings. The van der Waals surface area contributed by atoms with Gasteiger partial charge in [-0.2, -0.15) is 0 Å². The molecule has 3 fully saturated rings. The van der Waals surface area contributed by atoms with Crippen LogP contribution in [0.25, 0.3) is 0 Å². The van der Waals surface area contributed by atoms with E-state index in [9.17, 15) is 5.11 Å². The predicted octanol–water partition coefficient (Wildman–Crippen LogP) is 3.52. The second kappa shape index (κ2) is 5.13. The molecular formula is C16H28O2. The number of hydrogen-bond donors (Lipinski definition) is 1. The van der Waals surface area contributed by atoms with Crippen molar-refractivity contribution in [1.82, 2.24) is 0 Å². The van der Waals surface area contributed by atoms with Crippen LogP contribution in [0.1, 0.15) is 64.7 Å². The SMILES string of the molecule is CC1C(O)CCC1C1CCOC2(CCCCC2)C1. The Hall–Kier alpha value is -0.0800. The fraction of sp³-hybridized carbons (Fsp3) is 1.00. The summed E-state index contributed by atoms with van der Waals surface area (Å²) in [4.78, 5) is 0. The van der Waals surface area contributed by atoms with E-state index in [1.54, 1.807) is 0 Å². The molecule has 3 rings (SSSR count). The lowest BCUT2D eigenvalue weighted by Crippen LogP contribution is -2.43. The van der Waals surface area contributed by atoms with Crippen LogP contribution < -0.4 is 0 Å². The highest BCUT2D eigenvalue weighted by molar-refractivity contribution is 4.94. The van der Waals surface area contributed by atoms with E-state index in [0.717, 1.165) is 24.9 Å². The van der Waals surface area contributed by atoms with E-state index in [1.165, 1.54) is 51.4 Å². The third-order valence-electron chi connectivity index (χ3n) is 5.98. The van der Waals surface area contributed by atoms with Gasteiger partial charge in [0.05, 0.1) is 11.7 Å². The summed E-state index contributed by atoms with van der Waals surface area (Å²) in [5.74, 6) is 2.07. The van der Waals surface area contributed by atoms with Crippen molar-refractivity contribution in [3.8, 4) is 0 Å². The number of hydrogen-bond acceptors (Lipinski definition) is 2. The van der Waals surface area contributed by atoms with Crippen LogP contribution >= 0.6 is 0 Å². The van der Waals surface area contributed by atoms with E-state index in [0.29, 0.717) is 5.92 Å². The van der Waals surface area contributed by atoms with E-state index < -0.39 is 0 Å². The summed E-state index contributed by atoms with van der Waals surface area (Å²) in [7, 11) is 0. The molecule has 4 unspecified atom stereocenters. The van der Waals surface area contributed by atoms with Gasteiger partial charge in [0.25, 0.3) is 0 Å². The first-order chi connectivity index (χ1) is 8.70. The lowest BCUT2D eigenvalue weighted by atomic mass is 9.70. The van der Waals surface area contributed by atoms with Gasteiger partial charge in [-0.25, -0.2) is 0 Å². The van der Waals surface area contributed by atoms with Gasteiger partial charge < -0.3 is 9.84 Å². The van der Waals surface area contributed by atoms with Crippen molar-refractivity contribution >= 4 is 0 Å². The van der Waals surface area contributed by atoms with Gasteiger partial charge in [-0.3, -0.25) is 0 Å². The van der Waals surface area contributed by atoms with E-state index in [1.807, 2.05) is 0 Å². The van der Waals surface area contributed by atoms with Gasteiger partial charge in [0, 0.05) is 6.61 Å². The summed E-state index contributed by atoms with van der Waals surface area (Å²) >= 11 is 0. The molecule has 0 aromatic heterocycles. The van der Waals surface area contributed by atoms with Crippen molar-refractivity contribution in [3.63, 3.8) is 0 Å². The summed E-state index contributed by atoms with van der Waals surface area (Å²) in [5.41, 5.74) is 0.231. The first-order valence-electron chi connectivity index (χ1n) is 8.02. The predicted molar refractivity (Wildman–Crippen MR) is 72.4 cm³/mol. The summed E-state index contributed by atoms with van der Waals surface area (Å²) in [5, 5.41) is 9.97. The Morgan fingerprint density at radius 2 is 1.83 bits per heavy atom. The Kier molecular flexibility index (Phi) is 3.68. The van der Waals surface area contributed by atoms with Gasteiger partial charge in [0.2, 0.25) is 0 Å². The number of aliphatic hydroxyl groups is 1. The van der Waals surface area contributed by atoms with E-state index >= 15 is 0 Å². The Balaban J connectivity index is 1.66. The van der Waals surface area contributed by atoms with Crippen molar-refractivity contribution < 1.29 is 9.84 Å². The summed E-state index contributed by atoms with van der Waals surface area (Å²) < 4.78 is 6.20. The molecule has 1 spiro atoms. The molecule has 0 radical (unpaired) electrons. The molecule has 0 amide bonds. The van der Waals surface area contributed by atoms with Crippen molar-refractivity contribution in [1.29, 1.82) is 0 Å². The van der Waals surface area contributed by atoms with Crippen molar-refractivity contribution in [2.75, 3.05) is 6.61 Å². The van der Waals surface area contributed by atoms with E-state index in [-0.39, 0.29) is 11.7 Å². The summed E-state index contributed by atoms with van der Waals surface area (Å²) in [6.07, 6.45) is 11.4. The first-order valence-corrected chi connectivity index (χ1v) is 8.02. The van der Waals surface area contributed by atoms with E-state index in [4.69, 9.17) is 4.74 Å². The van der Waals surface area contributed by atoms with Crippen LogP contribution in [0.4, 0.5) is 0 Å². The second-order valence-electron chi connectivity index (χ2n) is 7.01. The van der Waals surface area contributed by atoms with Gasteiger partial charge in [-0.1, -0.05) is 26.2 Å². The zero-order chi connectivity index (χ0) is 12.6. The molecular weight excluding hydrogens is 224 g/mol. The van der Waals surface area contributed by atoms with Gasteiger partial charge in [0.15, 0.2) is 0 Å². The van der Waals surface area contributed by atoms with Gasteiger partial charge in [0.1, 0.15) is 0 Å². The molecule has 1 heterocycles. The third kappa shape index (κ3) is 2.34. The smallest absolute Gasteiger partial charge is 0.0685 e. The Bertz CT molecular complexity index is 277. The minimum Gasteiger partial charge on any atom is -0.393 e. The molecule has 2 nitrogen and oxygen atoms in total. The Morgan fingerprint density at radius 1 is 1.06 bits per heavy atom. The standard InChI is InChI=1S/C16H28O2/c1-12-14(5-6-15(12)17)13-7-10-18-16(11-13)8-3-2-4-9-16/h12-15,17H,2-11H2,1H3. The molecule has 1 N–H and O–H groups in total. The van der Waals surface area contributed by atoms with Crippen LogP contribution in [0.15, 0.2) is 0 Å². The highest BCUT2D eigenvalue weighted by Gasteiger charge is 2.44. The van der Waals surface area contributed by atoms with Crippen LogP contribution in [0.2, 0.25) is 0 Å². The quantitative estimate of drug-likeness (QED) is 0.773. The van der Waals surface area contributed by atoms with E-state index in [2.05, 4.69) is 6.92 Å². The minimum absolute atomic E-state index is 0.0415. The molecule has 0 bridgehead atoms. The normalized spacial score (nSPS) is 44.3. The topological polar surface area (TPSA) is 29.5 Å². The molecule has 3 aliphatic rings. The zero-order valence-electron chi connectivity index (χ0n) is 11.7. The minimum atomic E-state index is -0.0415. The second-order valence-corrected chi connectivity index (χ2v) is 7.01. The lowest BCUT2D eigenvalue weighted by molar-refractivity contribution is -0.127. The van der Waals surface area contributed by atoms with Crippen LogP contribution in [0.5, 0.6) is 0 Å². The molecule has 1 aliphatic heterocycles. The number of aliphatic hydroxyl groups excluding tert-OH is 1. The maximum atomic E-state index is 9.97. The third-order valence-corrected chi connectivity index (χ3v) is 5.98. The molecule has 2 aliphatic carbocycles. The molecule has 1 saturated heterocycles. The Morgan fingerprint density at radius 3 is 2.50 bits per heavy atom. The van der Waals surface area contributed by atoms with Crippen LogP contribution in [0, 0.1) is 17.8 Å². The fourth-order valence-electron chi connectivity index (χ4n) is 4.81. The summed E-state index contributed by atoms with van der Waals surface area (Å²) in [6, 6.07) is 0. The lowest BCUT2D eigenvalue weighted by Gasteiger charge is -2.45. The van der Waals surface area contributed by atoms with Gasteiger partial charge in [-0.15, -0.1) is 0 Å². The highest BCUT2D eigenvalue weighted by Crippen LogP contribution is 2.47. The van der Waals surface area contributed by atoms with Crippen LogP contribution in [-0.4, -0.2) is 23.4 Å². The monoisotopic (exact) mass is 252 g/mol. The Labute approximate surface area is 111 Å². The number of rotatable bonds is 1. The maximum Gasteiger partial charge on any atom is 0.0685 e. The zero-order valence-corrected chi connectivity index (χ0v) is 11.7. The maximum absolute atomic E-state index is 9.97. The molecule has 0 aromatic carbocycles. The molecule has 4 atom stereocenters. The van der Waals surface area contributed by atoms with Crippen molar-refractivity contribution in [3.05, 3.63) is 0 Å². The summed E-state index contributed by atoms with van der Waals surface area (Å²) in [6.45, 7) is 3.22. The average molecular weight is 252 g/mol. The van der Waals surface area contributed by atoms with Gasteiger partial charge in [-0.05, 0) is 56.3 Å². The largest absolute Gasteiger partial charge is 0.393 e. The molecule has 2 saturated carbocycles. The van der Waals surface area contributed by atoms with Gasteiger partial charge >= 0.3 is 0 Å².